The number of quaternary nitrogens is 2. The highest BCUT2D eigenvalue weighted by Crippen LogP contribution is 2.23. The molecular weight excluding hydrogens is 487 g/mol. The fourth-order valence-electron chi connectivity index (χ4n) is 5.60. The molecule has 0 saturated carbocycles. The van der Waals surface area contributed by atoms with Crippen LogP contribution in [-0.2, 0) is 13.1 Å². The standard InChI is InChI=1S/C30H48Cl2N4/c1-5-35(6-2,25-27-13-9-11-15-29(27)31)23-21-33-17-19-34(20-18-33)22-24-36(7-3,8-4)26-28-14-10-12-16-30(28)32/h9-16H,5-8,17-26H2,1-4H3/q+2. The number of nitrogens with zero attached hydrogens (tertiary/aromatic N) is 4. The Bertz CT molecular complexity index is 843. The lowest BCUT2D eigenvalue weighted by Crippen LogP contribution is -2.56. The fourth-order valence-corrected chi connectivity index (χ4v) is 6.00. The first kappa shape index (κ1) is 29.4. The quantitative estimate of drug-likeness (QED) is 0.273. The minimum atomic E-state index is 0.902. The van der Waals surface area contributed by atoms with Crippen LogP contribution in [0.4, 0.5) is 0 Å². The van der Waals surface area contributed by atoms with E-state index in [4.69, 9.17) is 23.2 Å². The summed E-state index contributed by atoms with van der Waals surface area (Å²) in [6.45, 7) is 25.3. The van der Waals surface area contributed by atoms with Crippen molar-refractivity contribution in [3.8, 4) is 0 Å². The lowest BCUT2D eigenvalue weighted by atomic mass is 10.1. The zero-order valence-electron chi connectivity index (χ0n) is 23.1. The Morgan fingerprint density at radius 1 is 0.583 bits per heavy atom. The maximum absolute atomic E-state index is 6.51. The summed E-state index contributed by atoms with van der Waals surface area (Å²) in [5.74, 6) is 0. The van der Waals surface area contributed by atoms with Crippen molar-refractivity contribution in [1.29, 1.82) is 0 Å². The molecule has 1 saturated heterocycles. The van der Waals surface area contributed by atoms with E-state index in [1.54, 1.807) is 0 Å². The first-order chi connectivity index (χ1) is 17.4. The number of halogens is 2. The molecule has 0 aromatic heterocycles. The van der Waals surface area contributed by atoms with E-state index in [2.05, 4.69) is 61.8 Å². The molecule has 1 heterocycles. The molecule has 6 heteroatoms. The SMILES string of the molecule is CC[N+](CC)(CCN1CCN(CC[N+](CC)(CC)Cc2ccccc2Cl)CC1)Cc1ccccc1Cl. The average molecular weight is 536 g/mol. The van der Waals surface area contributed by atoms with Crippen molar-refractivity contribution in [2.75, 3.05) is 78.5 Å². The summed E-state index contributed by atoms with van der Waals surface area (Å²) in [6.07, 6.45) is 0. The maximum Gasteiger partial charge on any atom is 0.106 e. The van der Waals surface area contributed by atoms with Gasteiger partial charge in [-0.1, -0.05) is 59.6 Å². The second-order valence-corrected chi connectivity index (χ2v) is 11.4. The van der Waals surface area contributed by atoms with Crippen LogP contribution < -0.4 is 0 Å². The second-order valence-electron chi connectivity index (χ2n) is 10.6. The summed E-state index contributed by atoms with van der Waals surface area (Å²) < 4.78 is 2.19. The van der Waals surface area contributed by atoms with Crippen LogP contribution in [0.15, 0.2) is 48.5 Å². The van der Waals surface area contributed by atoms with E-state index in [1.165, 1.54) is 50.4 Å². The monoisotopic (exact) mass is 534 g/mol. The van der Waals surface area contributed by atoms with Gasteiger partial charge in [-0.25, -0.2) is 0 Å². The van der Waals surface area contributed by atoms with Crippen LogP contribution in [0.2, 0.25) is 10.0 Å². The van der Waals surface area contributed by atoms with Crippen LogP contribution in [0.1, 0.15) is 38.8 Å². The predicted molar refractivity (Wildman–Crippen MR) is 156 cm³/mol. The third kappa shape index (κ3) is 7.93. The van der Waals surface area contributed by atoms with Gasteiger partial charge in [0.25, 0.3) is 0 Å². The van der Waals surface area contributed by atoms with E-state index in [0.29, 0.717) is 0 Å². The van der Waals surface area contributed by atoms with Gasteiger partial charge in [0, 0.05) is 60.4 Å². The molecule has 3 rings (SSSR count). The molecule has 2 aromatic carbocycles. The van der Waals surface area contributed by atoms with Crippen molar-refractivity contribution in [1.82, 2.24) is 9.80 Å². The molecule has 0 N–H and O–H groups in total. The Balaban J connectivity index is 1.49. The maximum atomic E-state index is 6.51. The van der Waals surface area contributed by atoms with E-state index in [-0.39, 0.29) is 0 Å². The highest BCUT2D eigenvalue weighted by Gasteiger charge is 2.29. The van der Waals surface area contributed by atoms with Gasteiger partial charge in [-0.2, -0.15) is 0 Å². The summed E-state index contributed by atoms with van der Waals surface area (Å²) in [7, 11) is 0. The van der Waals surface area contributed by atoms with E-state index in [9.17, 15) is 0 Å². The molecule has 4 nitrogen and oxygen atoms in total. The van der Waals surface area contributed by atoms with E-state index < -0.39 is 0 Å². The Morgan fingerprint density at radius 3 is 1.22 bits per heavy atom. The summed E-state index contributed by atoms with van der Waals surface area (Å²) in [4.78, 5) is 5.35. The molecule has 0 spiro atoms. The molecule has 1 aliphatic rings. The van der Waals surface area contributed by atoms with Gasteiger partial charge in [0.1, 0.15) is 13.1 Å². The van der Waals surface area contributed by atoms with Crippen molar-refractivity contribution in [3.63, 3.8) is 0 Å². The van der Waals surface area contributed by atoms with Gasteiger partial charge in [0.15, 0.2) is 0 Å². The number of rotatable bonds is 14. The fraction of sp³-hybridized carbons (Fsp3) is 0.600. The lowest BCUT2D eigenvalue weighted by Gasteiger charge is -2.42. The summed E-state index contributed by atoms with van der Waals surface area (Å²) >= 11 is 13.0. The Morgan fingerprint density at radius 2 is 0.917 bits per heavy atom. The van der Waals surface area contributed by atoms with Gasteiger partial charge >= 0.3 is 0 Å². The van der Waals surface area contributed by atoms with Gasteiger partial charge in [-0.15, -0.1) is 0 Å². The molecule has 0 atom stereocenters. The van der Waals surface area contributed by atoms with Crippen molar-refractivity contribution in [3.05, 3.63) is 69.7 Å². The predicted octanol–water partition coefficient (Wildman–Crippen LogP) is 6.02. The minimum absolute atomic E-state index is 0.902. The molecule has 1 aliphatic heterocycles. The Hall–Kier alpha value is -1.14. The van der Waals surface area contributed by atoms with Crippen molar-refractivity contribution in [2.24, 2.45) is 0 Å². The number of benzene rings is 2. The largest absolute Gasteiger partial charge is 0.319 e. The third-order valence-corrected chi connectivity index (χ3v) is 9.59. The molecule has 1 fully saturated rings. The molecule has 200 valence electrons. The van der Waals surface area contributed by atoms with E-state index >= 15 is 0 Å². The van der Waals surface area contributed by atoms with Gasteiger partial charge in [0.2, 0.25) is 0 Å². The van der Waals surface area contributed by atoms with Gasteiger partial charge < -0.3 is 8.97 Å². The van der Waals surface area contributed by atoms with Crippen LogP contribution in [0.25, 0.3) is 0 Å². The van der Waals surface area contributed by atoms with Crippen LogP contribution >= 0.6 is 23.2 Å². The van der Waals surface area contributed by atoms with Gasteiger partial charge in [-0.05, 0) is 39.8 Å². The number of hydrogen-bond donors (Lipinski definition) is 0. The molecule has 0 amide bonds. The Kier molecular flexibility index (Phi) is 11.5. The zero-order chi connectivity index (χ0) is 26.0. The minimum Gasteiger partial charge on any atom is -0.319 e. The first-order valence-electron chi connectivity index (χ1n) is 14.0. The van der Waals surface area contributed by atoms with Gasteiger partial charge in [-0.3, -0.25) is 9.80 Å². The average Bonchev–Trinajstić information content (AvgIpc) is 2.92. The smallest absolute Gasteiger partial charge is 0.106 e. The zero-order valence-corrected chi connectivity index (χ0v) is 24.6. The lowest BCUT2D eigenvalue weighted by molar-refractivity contribution is -0.937. The van der Waals surface area contributed by atoms with Crippen molar-refractivity contribution >= 4 is 23.2 Å². The van der Waals surface area contributed by atoms with Crippen LogP contribution in [0, 0.1) is 0 Å². The number of hydrogen-bond acceptors (Lipinski definition) is 2. The van der Waals surface area contributed by atoms with Crippen LogP contribution in [0.5, 0.6) is 0 Å². The van der Waals surface area contributed by atoms with Crippen molar-refractivity contribution < 1.29 is 8.97 Å². The number of likely N-dealkylation sites (N-methyl/N-ethyl adjacent to an activating group) is 2. The molecule has 0 unspecified atom stereocenters. The molecule has 0 aliphatic carbocycles. The second kappa shape index (κ2) is 14.1. The van der Waals surface area contributed by atoms with E-state index in [0.717, 1.165) is 71.4 Å². The number of piperazine rings is 1. The molecular formula is C30H48Cl2N4+2. The topological polar surface area (TPSA) is 6.48 Å². The molecule has 2 aromatic rings. The summed E-state index contributed by atoms with van der Waals surface area (Å²) in [5.41, 5.74) is 2.55. The molecule has 36 heavy (non-hydrogen) atoms. The highest BCUT2D eigenvalue weighted by molar-refractivity contribution is 6.31. The molecule has 0 radical (unpaired) electrons. The third-order valence-electron chi connectivity index (χ3n) is 8.86. The summed E-state index contributed by atoms with van der Waals surface area (Å²) in [6, 6.07) is 16.7. The first-order valence-corrected chi connectivity index (χ1v) is 14.8. The van der Waals surface area contributed by atoms with Crippen LogP contribution in [-0.4, -0.2) is 97.3 Å². The van der Waals surface area contributed by atoms with Crippen LogP contribution in [0.3, 0.4) is 0 Å². The highest BCUT2D eigenvalue weighted by atomic mass is 35.5. The van der Waals surface area contributed by atoms with E-state index in [1.807, 2.05) is 24.3 Å². The van der Waals surface area contributed by atoms with Crippen molar-refractivity contribution in [2.45, 2.75) is 40.8 Å². The molecule has 0 bridgehead atoms. The normalized spacial score (nSPS) is 15.9. The Labute approximate surface area is 230 Å². The van der Waals surface area contributed by atoms with Gasteiger partial charge in [0.05, 0.1) is 39.3 Å². The summed E-state index contributed by atoms with van der Waals surface area (Å²) in [5, 5.41) is 1.80.